The molecule has 7 heteroatoms. The molecule has 0 saturated heterocycles. The van der Waals surface area contributed by atoms with Crippen LogP contribution in [0.4, 0.5) is 5.69 Å². The van der Waals surface area contributed by atoms with Crippen molar-refractivity contribution in [3.05, 3.63) is 64.7 Å². The van der Waals surface area contributed by atoms with E-state index in [9.17, 15) is 23.1 Å². The van der Waals surface area contributed by atoms with Crippen LogP contribution < -0.4 is 5.32 Å². The van der Waals surface area contributed by atoms with Crippen molar-refractivity contribution in [1.29, 1.82) is 0 Å². The number of benzene rings is 2. The summed E-state index contributed by atoms with van der Waals surface area (Å²) >= 11 is 0. The third kappa shape index (κ3) is 2.94. The molecule has 2 aromatic rings. The number of carbonyl (C=O) groups excluding carboxylic acids is 1. The average Bonchev–Trinajstić information content (AvgIpc) is 3.12. The summed E-state index contributed by atoms with van der Waals surface area (Å²) in [5.74, 6) is -1.50. The highest BCUT2D eigenvalue weighted by molar-refractivity contribution is 7.91. The van der Waals surface area contributed by atoms with Crippen LogP contribution in [-0.2, 0) is 25.8 Å². The number of carboxylic acid groups (broad SMARTS) is 1. The molecule has 4 rings (SSSR count). The minimum Gasteiger partial charge on any atom is -0.478 e. The molecule has 0 aromatic heterocycles. The number of amides is 1. The van der Waals surface area contributed by atoms with Gasteiger partial charge in [0.2, 0.25) is 9.84 Å². The van der Waals surface area contributed by atoms with Gasteiger partial charge in [0.15, 0.2) is 0 Å². The van der Waals surface area contributed by atoms with Crippen molar-refractivity contribution in [3.8, 4) is 0 Å². The molecular formula is C20H17NO5S. The number of hydrogen-bond donors (Lipinski definition) is 2. The Balaban J connectivity index is 1.67. The molecule has 1 amide bonds. The predicted octanol–water partition coefficient (Wildman–Crippen LogP) is 2.93. The van der Waals surface area contributed by atoms with Crippen molar-refractivity contribution in [2.45, 2.75) is 35.5 Å². The summed E-state index contributed by atoms with van der Waals surface area (Å²) in [6.45, 7) is 0. The van der Waals surface area contributed by atoms with E-state index in [-0.39, 0.29) is 16.0 Å². The number of carboxylic acids is 1. The Morgan fingerprint density at radius 2 is 1.63 bits per heavy atom. The SMILES string of the molecule is O=C(O)C1=C(C(=O)Nc2ccc3c(c2)Cc2ccccc2S3(=O)=O)CCC1. The summed E-state index contributed by atoms with van der Waals surface area (Å²) in [4.78, 5) is 24.3. The molecule has 0 spiro atoms. The second kappa shape index (κ2) is 6.35. The van der Waals surface area contributed by atoms with Crippen molar-refractivity contribution in [2.24, 2.45) is 0 Å². The van der Waals surface area contributed by atoms with E-state index in [0.29, 0.717) is 41.8 Å². The molecule has 2 aromatic carbocycles. The Bertz CT molecular complexity index is 1110. The topological polar surface area (TPSA) is 101 Å². The zero-order chi connectivity index (χ0) is 19.2. The zero-order valence-electron chi connectivity index (χ0n) is 14.4. The molecule has 138 valence electrons. The first-order valence-electron chi connectivity index (χ1n) is 8.60. The number of aliphatic carboxylic acids is 1. The van der Waals surface area contributed by atoms with Crippen molar-refractivity contribution in [1.82, 2.24) is 0 Å². The van der Waals surface area contributed by atoms with Crippen LogP contribution in [0.15, 0.2) is 63.4 Å². The van der Waals surface area contributed by atoms with Crippen molar-refractivity contribution in [3.63, 3.8) is 0 Å². The second-order valence-corrected chi connectivity index (χ2v) is 8.57. The average molecular weight is 383 g/mol. The summed E-state index contributed by atoms with van der Waals surface area (Å²) in [7, 11) is -3.58. The standard InChI is InChI=1S/C20H17NO5S/c22-19(15-5-3-6-16(15)20(23)24)21-14-8-9-18-13(11-14)10-12-4-1-2-7-17(12)27(18,25)26/h1-2,4,7-9,11H,3,5-6,10H2,(H,21,22)(H,23,24). The molecular weight excluding hydrogens is 366 g/mol. The minimum absolute atomic E-state index is 0.155. The van der Waals surface area contributed by atoms with E-state index in [1.807, 2.05) is 0 Å². The van der Waals surface area contributed by atoms with Crippen LogP contribution in [-0.4, -0.2) is 25.4 Å². The second-order valence-electron chi connectivity index (χ2n) is 6.68. The van der Waals surface area contributed by atoms with E-state index >= 15 is 0 Å². The first kappa shape index (κ1) is 17.5. The molecule has 27 heavy (non-hydrogen) atoms. The Morgan fingerprint density at radius 3 is 2.41 bits per heavy atom. The fourth-order valence-corrected chi connectivity index (χ4v) is 5.43. The minimum atomic E-state index is -3.58. The number of fused-ring (bicyclic) bond motifs is 2. The van der Waals surface area contributed by atoms with Gasteiger partial charge >= 0.3 is 5.97 Å². The molecule has 0 saturated carbocycles. The summed E-state index contributed by atoms with van der Waals surface area (Å²) < 4.78 is 25.6. The van der Waals surface area contributed by atoms with Gasteiger partial charge in [0.1, 0.15) is 0 Å². The third-order valence-electron chi connectivity index (χ3n) is 5.00. The van der Waals surface area contributed by atoms with Gasteiger partial charge in [-0.15, -0.1) is 0 Å². The summed E-state index contributed by atoms with van der Waals surface area (Å²) in [5, 5.41) is 11.9. The summed E-state index contributed by atoms with van der Waals surface area (Å²) in [5.41, 5.74) is 2.24. The van der Waals surface area contributed by atoms with E-state index < -0.39 is 21.7 Å². The monoisotopic (exact) mass is 383 g/mol. The lowest BCUT2D eigenvalue weighted by Crippen LogP contribution is -2.18. The van der Waals surface area contributed by atoms with Crippen LogP contribution >= 0.6 is 0 Å². The first-order valence-corrected chi connectivity index (χ1v) is 10.1. The zero-order valence-corrected chi connectivity index (χ0v) is 15.2. The number of anilines is 1. The van der Waals surface area contributed by atoms with E-state index in [1.165, 1.54) is 12.1 Å². The molecule has 2 N–H and O–H groups in total. The van der Waals surface area contributed by atoms with Gasteiger partial charge in [-0.2, -0.15) is 0 Å². The Morgan fingerprint density at radius 1 is 0.926 bits per heavy atom. The highest BCUT2D eigenvalue weighted by atomic mass is 32.2. The van der Waals surface area contributed by atoms with Crippen molar-refractivity contribution < 1.29 is 23.1 Å². The maximum absolute atomic E-state index is 12.8. The van der Waals surface area contributed by atoms with E-state index in [4.69, 9.17) is 0 Å². The van der Waals surface area contributed by atoms with Gasteiger partial charge < -0.3 is 10.4 Å². The maximum atomic E-state index is 12.8. The number of hydrogen-bond acceptors (Lipinski definition) is 4. The molecule has 0 fully saturated rings. The van der Waals surface area contributed by atoms with Crippen LogP contribution in [0.1, 0.15) is 30.4 Å². The first-order chi connectivity index (χ1) is 12.9. The number of nitrogens with one attached hydrogen (secondary N) is 1. The molecule has 1 heterocycles. The Kier molecular flexibility index (Phi) is 4.11. The van der Waals surface area contributed by atoms with E-state index in [0.717, 1.165) is 5.56 Å². The third-order valence-corrected chi connectivity index (χ3v) is 6.96. The summed E-state index contributed by atoms with van der Waals surface area (Å²) in [6, 6.07) is 11.6. The van der Waals surface area contributed by atoms with Crippen LogP contribution in [0.3, 0.4) is 0 Å². The normalized spacial score (nSPS) is 17.2. The molecule has 1 aliphatic carbocycles. The fourth-order valence-electron chi connectivity index (χ4n) is 3.73. The molecule has 6 nitrogen and oxygen atoms in total. The smallest absolute Gasteiger partial charge is 0.332 e. The molecule has 0 atom stereocenters. The molecule has 0 bridgehead atoms. The van der Waals surface area contributed by atoms with Gasteiger partial charge in [0.25, 0.3) is 5.91 Å². The number of sulfone groups is 1. The lowest BCUT2D eigenvalue weighted by atomic mass is 10.0. The summed E-state index contributed by atoms with van der Waals surface area (Å²) in [6.07, 6.45) is 1.92. The quantitative estimate of drug-likeness (QED) is 0.724. The maximum Gasteiger partial charge on any atom is 0.332 e. The van der Waals surface area contributed by atoms with Crippen molar-refractivity contribution in [2.75, 3.05) is 5.32 Å². The van der Waals surface area contributed by atoms with Gasteiger partial charge in [0.05, 0.1) is 9.79 Å². The number of carbonyl (C=O) groups is 2. The van der Waals surface area contributed by atoms with Gasteiger partial charge in [-0.3, -0.25) is 4.79 Å². The lowest BCUT2D eigenvalue weighted by molar-refractivity contribution is -0.133. The molecule has 1 aliphatic heterocycles. The van der Waals surface area contributed by atoms with Crippen LogP contribution in [0.2, 0.25) is 0 Å². The Labute approximate surface area is 156 Å². The fraction of sp³-hybridized carbons (Fsp3) is 0.200. The molecule has 0 radical (unpaired) electrons. The Hall–Kier alpha value is -2.93. The van der Waals surface area contributed by atoms with E-state index in [1.54, 1.807) is 30.3 Å². The van der Waals surface area contributed by atoms with Crippen molar-refractivity contribution >= 4 is 27.4 Å². The number of rotatable bonds is 3. The van der Waals surface area contributed by atoms with Gasteiger partial charge in [-0.25, -0.2) is 13.2 Å². The van der Waals surface area contributed by atoms with Crippen LogP contribution in [0.5, 0.6) is 0 Å². The highest BCUT2D eigenvalue weighted by Crippen LogP contribution is 2.35. The van der Waals surface area contributed by atoms with Gasteiger partial charge in [-0.05, 0) is 54.7 Å². The molecule has 2 aliphatic rings. The van der Waals surface area contributed by atoms with E-state index in [2.05, 4.69) is 5.32 Å². The predicted molar refractivity (Wildman–Crippen MR) is 98.3 cm³/mol. The van der Waals surface area contributed by atoms with Crippen LogP contribution in [0.25, 0.3) is 0 Å². The lowest BCUT2D eigenvalue weighted by Gasteiger charge is -2.20. The van der Waals surface area contributed by atoms with Crippen LogP contribution in [0, 0.1) is 0 Å². The largest absolute Gasteiger partial charge is 0.478 e. The van der Waals surface area contributed by atoms with Gasteiger partial charge in [-0.1, -0.05) is 18.2 Å². The molecule has 0 unspecified atom stereocenters. The highest BCUT2D eigenvalue weighted by Gasteiger charge is 2.30. The van der Waals surface area contributed by atoms with Gasteiger partial charge in [0, 0.05) is 23.3 Å².